The van der Waals surface area contributed by atoms with Crippen molar-refractivity contribution < 1.29 is 19.5 Å². The zero-order valence-electron chi connectivity index (χ0n) is 6.05. The van der Waals surface area contributed by atoms with Gasteiger partial charge in [-0.15, -0.1) is 26.3 Å². The molecule has 0 N–H and O–H groups in total. The van der Waals surface area contributed by atoms with Crippen LogP contribution >= 0.6 is 0 Å². The molecule has 1 rings (SSSR count). The number of allylic oxidation sites excluding steroid dienone is 4. The Hall–Kier alpha value is -0.417. The van der Waals surface area contributed by atoms with E-state index < -0.39 is 0 Å². The van der Waals surface area contributed by atoms with Gasteiger partial charge in [0.25, 0.3) is 0 Å². The van der Waals surface area contributed by atoms with Gasteiger partial charge in [-0.1, -0.05) is 24.3 Å². The van der Waals surface area contributed by atoms with Gasteiger partial charge in [0.05, 0.1) is 0 Å². The number of rotatable bonds is 0. The van der Waals surface area contributed by atoms with Gasteiger partial charge < -0.3 is 0 Å². The van der Waals surface area contributed by atoms with E-state index in [1.54, 1.807) is 0 Å². The molecule has 0 heterocycles. The van der Waals surface area contributed by atoms with Crippen molar-refractivity contribution in [3.05, 3.63) is 57.0 Å². The third-order valence-corrected chi connectivity index (χ3v) is 0.556. The van der Waals surface area contributed by atoms with Crippen LogP contribution in [0.2, 0.25) is 0 Å². The maximum atomic E-state index is 3.00. The van der Waals surface area contributed by atoms with Crippen LogP contribution in [0.5, 0.6) is 0 Å². The Balaban J connectivity index is -0.0000000875. The van der Waals surface area contributed by atoms with Crippen molar-refractivity contribution in [3.63, 3.8) is 0 Å². The molecule has 0 aromatic rings. The van der Waals surface area contributed by atoms with Gasteiger partial charge in [0.1, 0.15) is 0 Å². The Labute approximate surface area is 76.8 Å². The summed E-state index contributed by atoms with van der Waals surface area (Å²) < 4.78 is 0. The topological polar surface area (TPSA) is 0 Å². The Bertz CT molecular complexity index is 80.9. The molecule has 1 heteroatoms. The molecule has 0 fully saturated rings. The molecule has 0 saturated carbocycles. The SMILES string of the molecule is C=C.C=C.[CH]1C=CC=C1.[Rh]. The van der Waals surface area contributed by atoms with Gasteiger partial charge in [-0.25, -0.2) is 0 Å². The minimum Gasteiger partial charge on any atom is -0.106 e. The van der Waals surface area contributed by atoms with Crippen molar-refractivity contribution in [2.75, 3.05) is 0 Å². The van der Waals surface area contributed by atoms with Crippen LogP contribution in [0.3, 0.4) is 0 Å². The standard InChI is InChI=1S/C5H5.2C2H4.Rh/c1-2-4-5-3-1;2*1-2;/h1-5H;2*1-2H2;. The Morgan fingerprint density at radius 3 is 1.00 bits per heavy atom. The smallest absolute Gasteiger partial charge is 0.00506 e. The summed E-state index contributed by atoms with van der Waals surface area (Å²) in [5, 5.41) is 0. The van der Waals surface area contributed by atoms with E-state index in [9.17, 15) is 0 Å². The zero-order valence-corrected chi connectivity index (χ0v) is 7.69. The van der Waals surface area contributed by atoms with Crippen LogP contribution in [0.1, 0.15) is 0 Å². The molecule has 0 spiro atoms. The zero-order chi connectivity index (χ0) is 7.54. The monoisotopic (exact) mass is 224 g/mol. The normalized spacial score (nSPS) is 9.60. The maximum absolute atomic E-state index is 3.00. The summed E-state index contributed by atoms with van der Waals surface area (Å²) >= 11 is 0. The molecule has 0 aromatic carbocycles. The van der Waals surface area contributed by atoms with Crippen LogP contribution in [0, 0.1) is 6.42 Å². The largest absolute Gasteiger partial charge is 0.106 e. The predicted octanol–water partition coefficient (Wildman–Crippen LogP) is 2.92. The Morgan fingerprint density at radius 2 is 0.900 bits per heavy atom. The second-order valence-electron chi connectivity index (χ2n) is 0.962. The third kappa shape index (κ3) is 15.6. The first-order chi connectivity index (χ1) is 4.50. The molecular weight excluding hydrogens is 211 g/mol. The van der Waals surface area contributed by atoms with Crippen LogP contribution < -0.4 is 0 Å². The summed E-state index contributed by atoms with van der Waals surface area (Å²) in [7, 11) is 0. The summed E-state index contributed by atoms with van der Waals surface area (Å²) in [5.74, 6) is 0. The summed E-state index contributed by atoms with van der Waals surface area (Å²) in [6.45, 7) is 12.0. The molecule has 0 nitrogen and oxygen atoms in total. The van der Waals surface area contributed by atoms with Gasteiger partial charge in [-0.2, -0.15) is 0 Å². The minimum atomic E-state index is 0. The summed E-state index contributed by atoms with van der Waals surface area (Å²) in [6.07, 6.45) is 10.0. The Kier molecular flexibility index (Phi) is 38.3. The second-order valence-corrected chi connectivity index (χ2v) is 0.962. The Morgan fingerprint density at radius 1 is 0.600 bits per heavy atom. The van der Waals surface area contributed by atoms with Crippen LogP contribution in [0.15, 0.2) is 50.6 Å². The molecule has 0 amide bonds. The second kappa shape index (κ2) is 23.5. The fourth-order valence-electron chi connectivity index (χ4n) is 0.321. The summed E-state index contributed by atoms with van der Waals surface area (Å²) in [5.41, 5.74) is 0. The van der Waals surface area contributed by atoms with E-state index in [0.29, 0.717) is 0 Å². The van der Waals surface area contributed by atoms with Gasteiger partial charge in [0.2, 0.25) is 0 Å². The summed E-state index contributed by atoms with van der Waals surface area (Å²) in [4.78, 5) is 0. The van der Waals surface area contributed by atoms with Gasteiger partial charge in [-0.3, -0.25) is 0 Å². The molecule has 0 aromatic heterocycles. The van der Waals surface area contributed by atoms with Gasteiger partial charge in [-0.05, 0) is 0 Å². The molecule has 2 radical (unpaired) electrons. The molecule has 1 aliphatic rings. The average molecular weight is 224 g/mol. The summed E-state index contributed by atoms with van der Waals surface area (Å²) in [6, 6.07) is 0. The van der Waals surface area contributed by atoms with Crippen LogP contribution in [-0.4, -0.2) is 0 Å². The van der Waals surface area contributed by atoms with E-state index in [0.717, 1.165) is 0 Å². The van der Waals surface area contributed by atoms with Gasteiger partial charge >= 0.3 is 0 Å². The third-order valence-electron chi connectivity index (χ3n) is 0.556. The predicted molar refractivity (Wildman–Crippen MR) is 45.1 cm³/mol. The van der Waals surface area contributed by atoms with Crippen molar-refractivity contribution >= 4 is 0 Å². The first kappa shape index (κ1) is 16.3. The van der Waals surface area contributed by atoms with Crippen molar-refractivity contribution in [2.24, 2.45) is 0 Å². The first-order valence-electron chi connectivity index (χ1n) is 2.67. The number of hydrogen-bond donors (Lipinski definition) is 0. The van der Waals surface area contributed by atoms with E-state index in [1.807, 2.05) is 30.7 Å². The van der Waals surface area contributed by atoms with E-state index >= 15 is 0 Å². The van der Waals surface area contributed by atoms with Crippen molar-refractivity contribution in [3.8, 4) is 0 Å². The fourth-order valence-corrected chi connectivity index (χ4v) is 0.321. The molecule has 58 valence electrons. The molecule has 0 unspecified atom stereocenters. The minimum absolute atomic E-state index is 0. The van der Waals surface area contributed by atoms with E-state index in [4.69, 9.17) is 0 Å². The van der Waals surface area contributed by atoms with Crippen molar-refractivity contribution in [1.29, 1.82) is 0 Å². The molecule has 1 aliphatic carbocycles. The van der Waals surface area contributed by atoms with Crippen molar-refractivity contribution in [2.45, 2.75) is 0 Å². The van der Waals surface area contributed by atoms with Crippen LogP contribution in [0.4, 0.5) is 0 Å². The van der Waals surface area contributed by atoms with Gasteiger partial charge in [0.15, 0.2) is 0 Å². The van der Waals surface area contributed by atoms with Gasteiger partial charge in [0, 0.05) is 25.9 Å². The average Bonchev–Trinajstić information content (AvgIpc) is 2.51. The number of hydrogen-bond acceptors (Lipinski definition) is 0. The van der Waals surface area contributed by atoms with E-state index in [1.165, 1.54) is 0 Å². The molecular formula is C9H13Rh. The molecule has 0 aliphatic heterocycles. The van der Waals surface area contributed by atoms with E-state index in [2.05, 4.69) is 26.3 Å². The molecule has 0 bridgehead atoms. The molecule has 0 atom stereocenters. The van der Waals surface area contributed by atoms with Crippen LogP contribution in [-0.2, 0) is 19.5 Å². The van der Waals surface area contributed by atoms with E-state index in [-0.39, 0.29) is 19.5 Å². The quantitative estimate of drug-likeness (QED) is 0.438. The fraction of sp³-hybridized carbons (Fsp3) is 0. The maximum Gasteiger partial charge on any atom is 0.00506 e. The first-order valence-corrected chi connectivity index (χ1v) is 2.67. The van der Waals surface area contributed by atoms with Crippen LogP contribution in [0.25, 0.3) is 0 Å². The molecule has 10 heavy (non-hydrogen) atoms. The van der Waals surface area contributed by atoms with Crippen molar-refractivity contribution in [1.82, 2.24) is 0 Å². The molecule has 0 saturated heterocycles.